The van der Waals surface area contributed by atoms with Crippen LogP contribution in [0.3, 0.4) is 0 Å². The van der Waals surface area contributed by atoms with Gasteiger partial charge in [0, 0.05) is 38.3 Å². The largest absolute Gasteiger partial charge is 0.453 e. The van der Waals surface area contributed by atoms with Gasteiger partial charge >= 0.3 is 12.2 Å². The Balaban J connectivity index is 0.889. The summed E-state index contributed by atoms with van der Waals surface area (Å²) in [5, 5.41) is 7.67. The molecule has 4 amide bonds. The Labute approximate surface area is 366 Å². The first-order valence-corrected chi connectivity index (χ1v) is 22.0. The maximum absolute atomic E-state index is 14.0. The maximum atomic E-state index is 14.0. The van der Waals surface area contributed by atoms with E-state index in [-0.39, 0.29) is 41.3 Å². The number of hydrogen-bond acceptors (Lipinski definition) is 9. The summed E-state index contributed by atoms with van der Waals surface area (Å²) in [7, 11) is 4.17. The number of fused-ring (bicyclic) bond motifs is 3. The molecule has 15 heteroatoms. The first kappa shape index (κ1) is 42.1. The van der Waals surface area contributed by atoms with Crippen LogP contribution in [0.25, 0.3) is 44.4 Å². The smallest absolute Gasteiger partial charge is 0.407 e. The SMILES string of the molecule is COCC[C@H](NC(=O)OC)C(=O)N1C2CCC(C2)[C@H]1c1ncc(-c2ccc(-c3ccc4cc(-c5cnc([C@@H]6CC7(CC7)CN6C(=O)[C@@H](NC(=O)OC)C(C)C)[nH]5)ccc4c3)cc2)[nH]1. The van der Waals surface area contributed by atoms with Crippen LogP contribution in [0, 0.1) is 17.3 Å². The number of imidazole rings is 2. The van der Waals surface area contributed by atoms with Gasteiger partial charge in [0.25, 0.3) is 0 Å². The van der Waals surface area contributed by atoms with Gasteiger partial charge in [-0.3, -0.25) is 9.59 Å². The van der Waals surface area contributed by atoms with Crippen LogP contribution in [0.4, 0.5) is 9.59 Å². The monoisotopic (exact) mass is 856 g/mol. The molecule has 4 fully saturated rings. The lowest BCUT2D eigenvalue weighted by molar-refractivity contribution is -0.138. The van der Waals surface area contributed by atoms with Crippen LogP contribution in [-0.4, -0.2) is 106 Å². The third-order valence-electron chi connectivity index (χ3n) is 13.8. The molecule has 2 unspecified atom stereocenters. The summed E-state index contributed by atoms with van der Waals surface area (Å²) < 4.78 is 14.9. The summed E-state index contributed by atoms with van der Waals surface area (Å²) in [6.07, 6.45) is 8.66. The zero-order valence-electron chi connectivity index (χ0n) is 36.5. The van der Waals surface area contributed by atoms with Gasteiger partial charge in [0.15, 0.2) is 0 Å². The first-order chi connectivity index (χ1) is 30.5. The molecule has 0 radical (unpaired) electrons. The van der Waals surface area contributed by atoms with Crippen molar-refractivity contribution in [3.05, 3.63) is 84.7 Å². The number of piperidine rings is 1. The number of hydrogen-bond donors (Lipinski definition) is 4. The summed E-state index contributed by atoms with van der Waals surface area (Å²) in [4.78, 5) is 72.7. The number of alkyl carbamates (subject to hydrolysis) is 2. The number of nitrogens with zero attached hydrogens (tertiary/aromatic N) is 4. The fourth-order valence-electron chi connectivity index (χ4n) is 10.2. The molecule has 4 heterocycles. The molecule has 9 rings (SSSR count). The second-order valence-corrected chi connectivity index (χ2v) is 18.1. The molecule has 3 aromatic carbocycles. The lowest BCUT2D eigenvalue weighted by atomic mass is 9.97. The Morgan fingerprint density at radius 3 is 2.08 bits per heavy atom. The Morgan fingerprint density at radius 1 is 0.778 bits per heavy atom. The minimum atomic E-state index is -0.755. The number of amides is 4. The zero-order chi connectivity index (χ0) is 44.0. The second-order valence-electron chi connectivity index (χ2n) is 18.1. The van der Waals surface area contributed by atoms with Crippen molar-refractivity contribution in [3.63, 3.8) is 0 Å². The van der Waals surface area contributed by atoms with E-state index in [4.69, 9.17) is 24.2 Å². The molecule has 1 spiro atoms. The molecule has 4 aliphatic rings. The van der Waals surface area contributed by atoms with E-state index in [2.05, 4.69) is 81.3 Å². The van der Waals surface area contributed by atoms with Gasteiger partial charge in [-0.1, -0.05) is 62.4 Å². The number of aromatic amines is 2. The Kier molecular flexibility index (Phi) is 11.5. The van der Waals surface area contributed by atoms with E-state index in [9.17, 15) is 19.2 Å². The highest BCUT2D eigenvalue weighted by molar-refractivity contribution is 5.91. The maximum Gasteiger partial charge on any atom is 0.407 e. The molecule has 2 bridgehead atoms. The highest BCUT2D eigenvalue weighted by Crippen LogP contribution is 2.58. The number of carbonyl (C=O) groups excluding carboxylic acids is 4. The molecule has 330 valence electrons. The van der Waals surface area contributed by atoms with Crippen LogP contribution < -0.4 is 10.6 Å². The summed E-state index contributed by atoms with van der Waals surface area (Å²) in [6.45, 7) is 4.83. The van der Waals surface area contributed by atoms with Crippen LogP contribution in [0.2, 0.25) is 0 Å². The van der Waals surface area contributed by atoms with Crippen LogP contribution in [0.1, 0.15) is 82.5 Å². The first-order valence-electron chi connectivity index (χ1n) is 22.0. The van der Waals surface area contributed by atoms with Crippen LogP contribution >= 0.6 is 0 Å². The zero-order valence-corrected chi connectivity index (χ0v) is 36.5. The Bertz CT molecular complexity index is 2510. The predicted octanol–water partition coefficient (Wildman–Crippen LogP) is 7.53. The van der Waals surface area contributed by atoms with Gasteiger partial charge in [-0.05, 0) is 95.4 Å². The number of nitrogens with one attached hydrogen (secondary N) is 4. The van der Waals surface area contributed by atoms with Gasteiger partial charge in [0.1, 0.15) is 23.7 Å². The van der Waals surface area contributed by atoms with Gasteiger partial charge < -0.3 is 44.6 Å². The van der Waals surface area contributed by atoms with E-state index in [0.717, 1.165) is 94.6 Å². The fraction of sp³-hybridized carbons (Fsp3) is 0.458. The number of aromatic nitrogens is 4. The number of methoxy groups -OCH3 is 3. The molecule has 5 aromatic rings. The van der Waals surface area contributed by atoms with Crippen molar-refractivity contribution in [1.29, 1.82) is 0 Å². The predicted molar refractivity (Wildman–Crippen MR) is 236 cm³/mol. The van der Waals surface area contributed by atoms with Crippen molar-refractivity contribution in [1.82, 2.24) is 40.4 Å². The van der Waals surface area contributed by atoms with Gasteiger partial charge in [0.05, 0.1) is 50.1 Å². The van der Waals surface area contributed by atoms with Crippen molar-refractivity contribution < 1.29 is 33.4 Å². The third kappa shape index (κ3) is 8.26. The molecule has 2 aromatic heterocycles. The van der Waals surface area contributed by atoms with E-state index in [1.54, 1.807) is 7.11 Å². The normalized spacial score (nSPS) is 21.8. The van der Waals surface area contributed by atoms with Gasteiger partial charge in [-0.15, -0.1) is 0 Å². The molecule has 4 N–H and O–H groups in total. The average Bonchev–Trinajstić information content (AvgIpc) is 3.94. The molecule has 6 atom stereocenters. The molecular weight excluding hydrogens is 801 g/mol. The lowest BCUT2D eigenvalue weighted by Gasteiger charge is -2.36. The number of likely N-dealkylation sites (tertiary alicyclic amines) is 2. The number of H-pyrrole nitrogens is 2. The number of rotatable bonds is 13. The number of benzene rings is 3. The topological polar surface area (TPSA) is 184 Å². The minimum absolute atomic E-state index is 0.0982. The standard InChI is InChI=1S/C48H56N8O7/c1-27(2)40(54-47(60)63-5)45(58)55-26-48(17-18-48)23-39(55)42-49-25-38(51-42)33-13-12-31-20-30(10-11-32(31)21-33)28-6-8-29(9-7-28)37-24-50-43(52-37)41-34-14-15-35(22-34)56(41)44(57)36(16-19-61-3)53-46(59)62-4/h6-13,20-21,24-25,27,34-36,39-41H,14-19,22-23,26H2,1-5H3,(H,49,51)(H,50,52)(H,53,59)(H,54,60)/t34?,35?,36-,39-,40-,41-/m0/s1. The molecule has 63 heavy (non-hydrogen) atoms. The number of ether oxygens (including phenoxy) is 3. The van der Waals surface area contributed by atoms with Crippen molar-refractivity contribution >= 4 is 34.8 Å². The van der Waals surface area contributed by atoms with E-state index in [1.165, 1.54) is 14.2 Å². The van der Waals surface area contributed by atoms with Crippen molar-refractivity contribution in [2.45, 2.75) is 89.0 Å². The Morgan fingerprint density at radius 2 is 1.40 bits per heavy atom. The van der Waals surface area contributed by atoms with Crippen LogP contribution in [0.5, 0.6) is 0 Å². The average molecular weight is 857 g/mol. The van der Waals surface area contributed by atoms with E-state index < -0.39 is 24.3 Å². The van der Waals surface area contributed by atoms with Crippen LogP contribution in [0.15, 0.2) is 73.1 Å². The van der Waals surface area contributed by atoms with Gasteiger partial charge in [0.2, 0.25) is 11.8 Å². The summed E-state index contributed by atoms with van der Waals surface area (Å²) in [5.74, 6) is 1.45. The molecule has 2 aliphatic carbocycles. The molecule has 2 saturated heterocycles. The molecule has 2 saturated carbocycles. The second kappa shape index (κ2) is 17.2. The molecule has 2 aliphatic heterocycles. The van der Waals surface area contributed by atoms with Crippen molar-refractivity contribution in [3.8, 4) is 33.6 Å². The van der Waals surface area contributed by atoms with Gasteiger partial charge in [-0.2, -0.15) is 0 Å². The third-order valence-corrected chi connectivity index (χ3v) is 13.8. The molecule has 15 nitrogen and oxygen atoms in total. The highest BCUT2D eigenvalue weighted by atomic mass is 16.5. The summed E-state index contributed by atoms with van der Waals surface area (Å²) in [5.41, 5.74) is 6.04. The fourth-order valence-corrected chi connectivity index (χ4v) is 10.2. The van der Waals surface area contributed by atoms with Crippen molar-refractivity contribution in [2.24, 2.45) is 17.3 Å². The van der Waals surface area contributed by atoms with Gasteiger partial charge in [-0.25, -0.2) is 19.6 Å². The van der Waals surface area contributed by atoms with Crippen LogP contribution in [-0.2, 0) is 23.8 Å². The highest BCUT2D eigenvalue weighted by Gasteiger charge is 2.55. The van der Waals surface area contributed by atoms with Crippen molar-refractivity contribution in [2.75, 3.05) is 34.5 Å². The summed E-state index contributed by atoms with van der Waals surface area (Å²) in [6, 6.07) is 19.5. The van der Waals surface area contributed by atoms with E-state index in [1.807, 2.05) is 36.0 Å². The van der Waals surface area contributed by atoms with E-state index in [0.29, 0.717) is 25.5 Å². The molecular formula is C48H56N8O7. The van der Waals surface area contributed by atoms with E-state index >= 15 is 0 Å². The summed E-state index contributed by atoms with van der Waals surface area (Å²) >= 11 is 0. The minimum Gasteiger partial charge on any atom is -0.453 e. The quantitative estimate of drug-likeness (QED) is 0.0930. The number of carbonyl (C=O) groups is 4. The Hall–Kier alpha value is -6.22. The lowest BCUT2D eigenvalue weighted by Crippen LogP contribution is -2.52.